The largest absolute Gasteiger partial charge is 0.385 e. The highest BCUT2D eigenvalue weighted by molar-refractivity contribution is 5.75. The van der Waals surface area contributed by atoms with Crippen LogP contribution in [0.2, 0.25) is 0 Å². The summed E-state index contributed by atoms with van der Waals surface area (Å²) in [5.74, 6) is 0.705. The SMILES string of the molecule is CC(C)Cc1cccc(-c2cccc3c2CCCN3)c1. The molecule has 2 aromatic rings. The van der Waals surface area contributed by atoms with E-state index in [4.69, 9.17) is 0 Å². The van der Waals surface area contributed by atoms with Crippen molar-refractivity contribution in [2.24, 2.45) is 5.92 Å². The molecule has 0 saturated heterocycles. The van der Waals surface area contributed by atoms with Gasteiger partial charge < -0.3 is 5.32 Å². The van der Waals surface area contributed by atoms with Gasteiger partial charge in [0.15, 0.2) is 0 Å². The molecule has 20 heavy (non-hydrogen) atoms. The van der Waals surface area contributed by atoms with Gasteiger partial charge >= 0.3 is 0 Å². The average molecular weight is 265 g/mol. The summed E-state index contributed by atoms with van der Waals surface area (Å²) in [7, 11) is 0. The molecule has 0 aliphatic carbocycles. The summed E-state index contributed by atoms with van der Waals surface area (Å²) in [5.41, 5.74) is 7.02. The van der Waals surface area contributed by atoms with E-state index >= 15 is 0 Å². The molecule has 0 fully saturated rings. The van der Waals surface area contributed by atoms with Gasteiger partial charge in [-0.3, -0.25) is 0 Å². The molecule has 1 aliphatic heterocycles. The third kappa shape index (κ3) is 2.72. The van der Waals surface area contributed by atoms with Crippen molar-refractivity contribution in [1.29, 1.82) is 0 Å². The second-order valence-electron chi connectivity index (χ2n) is 6.16. The van der Waals surface area contributed by atoms with E-state index < -0.39 is 0 Å². The van der Waals surface area contributed by atoms with Gasteiger partial charge in [0.05, 0.1) is 0 Å². The molecule has 3 rings (SSSR count). The minimum Gasteiger partial charge on any atom is -0.385 e. The average Bonchev–Trinajstić information content (AvgIpc) is 2.46. The first kappa shape index (κ1) is 13.2. The van der Waals surface area contributed by atoms with Crippen LogP contribution in [0.4, 0.5) is 5.69 Å². The Bertz CT molecular complexity index is 598. The van der Waals surface area contributed by atoms with Crippen molar-refractivity contribution in [2.75, 3.05) is 11.9 Å². The Morgan fingerprint density at radius 2 is 1.95 bits per heavy atom. The molecule has 1 N–H and O–H groups in total. The van der Waals surface area contributed by atoms with E-state index in [9.17, 15) is 0 Å². The zero-order valence-electron chi connectivity index (χ0n) is 12.4. The fraction of sp³-hybridized carbons (Fsp3) is 0.368. The van der Waals surface area contributed by atoms with Crippen molar-refractivity contribution >= 4 is 5.69 Å². The number of hydrogen-bond donors (Lipinski definition) is 1. The molecule has 0 aromatic heterocycles. The van der Waals surface area contributed by atoms with Gasteiger partial charge in [-0.25, -0.2) is 0 Å². The molecule has 0 amide bonds. The Morgan fingerprint density at radius 1 is 1.10 bits per heavy atom. The van der Waals surface area contributed by atoms with Gasteiger partial charge in [0.2, 0.25) is 0 Å². The Labute approximate surface area is 122 Å². The molecule has 104 valence electrons. The summed E-state index contributed by atoms with van der Waals surface area (Å²) in [5, 5.41) is 3.52. The van der Waals surface area contributed by atoms with E-state index in [2.05, 4.69) is 61.6 Å². The van der Waals surface area contributed by atoms with E-state index in [1.54, 1.807) is 0 Å². The smallest absolute Gasteiger partial charge is 0.0378 e. The van der Waals surface area contributed by atoms with E-state index in [1.807, 2.05) is 0 Å². The van der Waals surface area contributed by atoms with E-state index in [0.717, 1.165) is 13.0 Å². The summed E-state index contributed by atoms with van der Waals surface area (Å²) in [6.45, 7) is 5.66. The van der Waals surface area contributed by atoms with Crippen LogP contribution in [0.1, 0.15) is 31.4 Å². The van der Waals surface area contributed by atoms with Crippen LogP contribution in [0, 0.1) is 5.92 Å². The van der Waals surface area contributed by atoms with E-state index in [1.165, 1.54) is 40.8 Å². The number of anilines is 1. The van der Waals surface area contributed by atoms with Crippen LogP contribution in [-0.4, -0.2) is 6.54 Å². The van der Waals surface area contributed by atoms with Gasteiger partial charge in [-0.05, 0) is 53.5 Å². The Balaban J connectivity index is 2.01. The Morgan fingerprint density at radius 3 is 2.80 bits per heavy atom. The summed E-state index contributed by atoms with van der Waals surface area (Å²) in [6, 6.07) is 15.7. The zero-order valence-corrected chi connectivity index (χ0v) is 12.4. The molecule has 1 heterocycles. The van der Waals surface area contributed by atoms with Crippen molar-refractivity contribution in [3.63, 3.8) is 0 Å². The van der Waals surface area contributed by atoms with Crippen LogP contribution in [-0.2, 0) is 12.8 Å². The van der Waals surface area contributed by atoms with Crippen molar-refractivity contribution < 1.29 is 0 Å². The molecule has 0 spiro atoms. The molecule has 1 nitrogen and oxygen atoms in total. The summed E-state index contributed by atoms with van der Waals surface area (Å²) in [4.78, 5) is 0. The minimum absolute atomic E-state index is 0.705. The maximum Gasteiger partial charge on any atom is 0.0378 e. The van der Waals surface area contributed by atoms with Crippen molar-refractivity contribution in [2.45, 2.75) is 33.1 Å². The van der Waals surface area contributed by atoms with Crippen LogP contribution in [0.25, 0.3) is 11.1 Å². The lowest BCUT2D eigenvalue weighted by molar-refractivity contribution is 0.647. The summed E-state index contributed by atoms with van der Waals surface area (Å²) >= 11 is 0. The molecular formula is C19H23N. The van der Waals surface area contributed by atoms with Crippen LogP contribution in [0.15, 0.2) is 42.5 Å². The first-order chi connectivity index (χ1) is 9.74. The molecule has 1 heteroatoms. The standard InChI is InChI=1S/C19H23N/c1-14(2)12-15-6-3-7-16(13-15)17-8-4-10-19-18(17)9-5-11-20-19/h3-4,6-8,10,13-14,20H,5,9,11-12H2,1-2H3. The topological polar surface area (TPSA) is 12.0 Å². The molecule has 0 saturated carbocycles. The predicted molar refractivity (Wildman–Crippen MR) is 87.2 cm³/mol. The molecular weight excluding hydrogens is 242 g/mol. The first-order valence-corrected chi connectivity index (χ1v) is 7.69. The van der Waals surface area contributed by atoms with Crippen LogP contribution in [0.3, 0.4) is 0 Å². The molecule has 0 radical (unpaired) electrons. The number of rotatable bonds is 3. The Hall–Kier alpha value is -1.76. The van der Waals surface area contributed by atoms with E-state index in [-0.39, 0.29) is 0 Å². The summed E-state index contributed by atoms with van der Waals surface area (Å²) < 4.78 is 0. The van der Waals surface area contributed by atoms with Gasteiger partial charge in [0.1, 0.15) is 0 Å². The van der Waals surface area contributed by atoms with Gasteiger partial charge in [-0.15, -0.1) is 0 Å². The van der Waals surface area contributed by atoms with E-state index in [0.29, 0.717) is 5.92 Å². The number of fused-ring (bicyclic) bond motifs is 1. The molecule has 0 bridgehead atoms. The number of benzene rings is 2. The third-order valence-corrected chi connectivity index (χ3v) is 3.98. The zero-order chi connectivity index (χ0) is 13.9. The lowest BCUT2D eigenvalue weighted by Gasteiger charge is -2.21. The van der Waals surface area contributed by atoms with Crippen molar-refractivity contribution in [3.05, 3.63) is 53.6 Å². The maximum atomic E-state index is 3.52. The van der Waals surface area contributed by atoms with Crippen LogP contribution in [0.5, 0.6) is 0 Å². The summed E-state index contributed by atoms with van der Waals surface area (Å²) in [6.07, 6.45) is 3.57. The number of nitrogens with one attached hydrogen (secondary N) is 1. The van der Waals surface area contributed by atoms with Gasteiger partial charge in [0.25, 0.3) is 0 Å². The van der Waals surface area contributed by atoms with Crippen molar-refractivity contribution in [1.82, 2.24) is 0 Å². The van der Waals surface area contributed by atoms with Gasteiger partial charge in [-0.1, -0.05) is 50.2 Å². The normalized spacial score (nSPS) is 13.9. The lowest BCUT2D eigenvalue weighted by Crippen LogP contribution is -2.12. The molecule has 2 aromatic carbocycles. The fourth-order valence-electron chi connectivity index (χ4n) is 3.12. The number of hydrogen-bond acceptors (Lipinski definition) is 1. The van der Waals surface area contributed by atoms with Gasteiger partial charge in [0, 0.05) is 12.2 Å². The second-order valence-corrected chi connectivity index (χ2v) is 6.16. The van der Waals surface area contributed by atoms with Crippen molar-refractivity contribution in [3.8, 4) is 11.1 Å². The fourth-order valence-corrected chi connectivity index (χ4v) is 3.12. The second kappa shape index (κ2) is 5.70. The molecule has 0 unspecified atom stereocenters. The highest BCUT2D eigenvalue weighted by atomic mass is 14.9. The van der Waals surface area contributed by atoms with Gasteiger partial charge in [-0.2, -0.15) is 0 Å². The third-order valence-electron chi connectivity index (χ3n) is 3.98. The molecule has 1 aliphatic rings. The van der Waals surface area contributed by atoms with Crippen LogP contribution < -0.4 is 5.32 Å². The highest BCUT2D eigenvalue weighted by Gasteiger charge is 2.13. The van der Waals surface area contributed by atoms with Crippen LogP contribution >= 0.6 is 0 Å². The Kier molecular flexibility index (Phi) is 3.77. The highest BCUT2D eigenvalue weighted by Crippen LogP contribution is 2.33. The molecule has 0 atom stereocenters. The quantitative estimate of drug-likeness (QED) is 0.831. The predicted octanol–water partition coefficient (Wildman–Crippen LogP) is 4.91. The minimum atomic E-state index is 0.705. The lowest BCUT2D eigenvalue weighted by atomic mass is 9.91. The maximum absolute atomic E-state index is 3.52. The monoisotopic (exact) mass is 265 g/mol. The first-order valence-electron chi connectivity index (χ1n) is 7.69.